The Labute approximate surface area is 129 Å². The van der Waals surface area contributed by atoms with Gasteiger partial charge in [-0.3, -0.25) is 9.63 Å². The molecule has 5 heteroatoms. The number of carbonyl (C=O) groups is 1. The second kappa shape index (κ2) is 7.73. The predicted octanol–water partition coefficient (Wildman–Crippen LogP) is 3.60. The molecular weight excluding hydrogens is 282 g/mol. The van der Waals surface area contributed by atoms with Crippen LogP contribution in [-0.2, 0) is 20.7 Å². The minimum Gasteiger partial charge on any atom is -0.415 e. The highest BCUT2D eigenvalue weighted by Gasteiger charge is 2.36. The zero-order valence-electron chi connectivity index (χ0n) is 13.8. The predicted molar refractivity (Wildman–Crippen MR) is 87.2 cm³/mol. The van der Waals surface area contributed by atoms with Gasteiger partial charge in [-0.05, 0) is 23.7 Å². The van der Waals surface area contributed by atoms with E-state index >= 15 is 0 Å². The molecule has 0 aliphatic rings. The lowest BCUT2D eigenvalue weighted by atomic mass is 10.2. The van der Waals surface area contributed by atoms with Crippen LogP contribution in [0.25, 0.3) is 0 Å². The Morgan fingerprint density at radius 3 is 2.33 bits per heavy atom. The average Bonchev–Trinajstić information content (AvgIpc) is 2.42. The van der Waals surface area contributed by atoms with Gasteiger partial charge in [-0.2, -0.15) is 0 Å². The molecule has 0 fully saturated rings. The fourth-order valence-corrected chi connectivity index (χ4v) is 2.52. The highest BCUT2D eigenvalue weighted by atomic mass is 28.4. The van der Waals surface area contributed by atoms with Gasteiger partial charge in [-0.25, -0.2) is 5.06 Å². The van der Waals surface area contributed by atoms with Crippen molar-refractivity contribution in [3.63, 3.8) is 0 Å². The first-order valence-corrected chi connectivity index (χ1v) is 10.2. The summed E-state index contributed by atoms with van der Waals surface area (Å²) in [6.07, 6.45) is 0.706. The zero-order valence-corrected chi connectivity index (χ0v) is 14.8. The summed E-state index contributed by atoms with van der Waals surface area (Å²) in [5, 5.41) is 1.48. The molecule has 0 saturated heterocycles. The molecule has 0 bridgehead atoms. The van der Waals surface area contributed by atoms with Gasteiger partial charge in [0, 0.05) is 0 Å². The molecule has 0 radical (unpaired) electrons. The van der Waals surface area contributed by atoms with Gasteiger partial charge in [0.2, 0.25) is 6.41 Å². The van der Waals surface area contributed by atoms with Crippen LogP contribution in [0.4, 0.5) is 0 Å². The van der Waals surface area contributed by atoms with Crippen LogP contribution in [0.15, 0.2) is 30.3 Å². The molecule has 4 nitrogen and oxygen atoms in total. The third-order valence-electron chi connectivity index (χ3n) is 3.94. The van der Waals surface area contributed by atoms with Crippen LogP contribution in [0, 0.1) is 0 Å². The molecule has 0 saturated carbocycles. The number of rotatable bonds is 8. The van der Waals surface area contributed by atoms with Crippen LogP contribution >= 0.6 is 0 Å². The molecule has 1 aromatic carbocycles. The summed E-state index contributed by atoms with van der Waals surface area (Å²) < 4.78 is 6.04. The lowest BCUT2D eigenvalue weighted by Crippen LogP contribution is -2.42. The minimum absolute atomic E-state index is 0.171. The Balaban J connectivity index is 2.37. The van der Waals surface area contributed by atoms with Crippen molar-refractivity contribution in [1.82, 2.24) is 5.06 Å². The largest absolute Gasteiger partial charge is 0.415 e. The highest BCUT2D eigenvalue weighted by Crippen LogP contribution is 2.36. The quantitative estimate of drug-likeness (QED) is 0.418. The van der Waals surface area contributed by atoms with Crippen molar-refractivity contribution >= 4 is 14.7 Å². The van der Waals surface area contributed by atoms with E-state index in [9.17, 15) is 4.79 Å². The molecule has 1 aromatic rings. The maximum absolute atomic E-state index is 11.0. The lowest BCUT2D eigenvalue weighted by molar-refractivity contribution is -0.179. The molecule has 0 N–H and O–H groups in total. The molecule has 0 aliphatic carbocycles. The Morgan fingerprint density at radius 1 is 1.19 bits per heavy atom. The van der Waals surface area contributed by atoms with Crippen LogP contribution in [-0.4, -0.2) is 32.9 Å². The van der Waals surface area contributed by atoms with Gasteiger partial charge >= 0.3 is 0 Å². The van der Waals surface area contributed by atoms with Gasteiger partial charge in [0.05, 0.1) is 13.2 Å². The Bertz CT molecular complexity index is 429. The summed E-state index contributed by atoms with van der Waals surface area (Å²) in [5.74, 6) is 0. The second-order valence-electron chi connectivity index (χ2n) is 6.61. The van der Waals surface area contributed by atoms with Gasteiger partial charge in [0.15, 0.2) is 8.32 Å². The first-order chi connectivity index (χ1) is 9.76. The number of carbonyl (C=O) groups excluding carboxylic acids is 1. The molecule has 0 unspecified atom stereocenters. The van der Waals surface area contributed by atoms with E-state index in [1.807, 2.05) is 30.3 Å². The molecule has 1 amide bonds. The van der Waals surface area contributed by atoms with Gasteiger partial charge in [0.25, 0.3) is 0 Å². The summed E-state index contributed by atoms with van der Waals surface area (Å²) in [6.45, 7) is 12.3. The molecule has 1 rings (SSSR count). The van der Waals surface area contributed by atoms with Crippen molar-refractivity contribution in [3.8, 4) is 0 Å². The second-order valence-corrected chi connectivity index (χ2v) is 11.4. The molecule has 0 spiro atoms. The highest BCUT2D eigenvalue weighted by molar-refractivity contribution is 6.74. The first kappa shape index (κ1) is 17.9. The molecule has 0 atom stereocenters. The molecule has 0 aliphatic heterocycles. The van der Waals surface area contributed by atoms with Gasteiger partial charge in [-0.1, -0.05) is 51.1 Å². The Kier molecular flexibility index (Phi) is 6.58. The summed E-state index contributed by atoms with van der Waals surface area (Å²) in [7, 11) is -1.77. The van der Waals surface area contributed by atoms with Crippen molar-refractivity contribution in [3.05, 3.63) is 35.9 Å². The number of nitrogens with zero attached hydrogens (tertiary/aromatic N) is 1. The van der Waals surface area contributed by atoms with Crippen molar-refractivity contribution < 1.29 is 14.1 Å². The SMILES string of the molecule is CC(C)(C)[Si](C)(C)OCCN(C=O)OCc1ccccc1. The minimum atomic E-state index is -1.77. The van der Waals surface area contributed by atoms with E-state index < -0.39 is 8.32 Å². The Morgan fingerprint density at radius 2 is 1.81 bits per heavy atom. The number of hydroxylamine groups is 2. The van der Waals surface area contributed by atoms with Crippen molar-refractivity contribution in [1.29, 1.82) is 0 Å². The van der Waals surface area contributed by atoms with Gasteiger partial charge < -0.3 is 4.43 Å². The molecule has 21 heavy (non-hydrogen) atoms. The number of benzene rings is 1. The van der Waals surface area contributed by atoms with E-state index in [2.05, 4.69) is 33.9 Å². The molecular formula is C16H27NO3Si. The number of amides is 1. The maximum atomic E-state index is 11.0. The first-order valence-electron chi connectivity index (χ1n) is 7.29. The molecule has 0 aromatic heterocycles. The van der Waals surface area contributed by atoms with Crippen LogP contribution < -0.4 is 0 Å². The smallest absolute Gasteiger partial charge is 0.233 e. The lowest BCUT2D eigenvalue weighted by Gasteiger charge is -2.36. The van der Waals surface area contributed by atoms with E-state index in [0.29, 0.717) is 26.2 Å². The topological polar surface area (TPSA) is 38.8 Å². The fraction of sp³-hybridized carbons (Fsp3) is 0.562. The summed E-state index contributed by atoms with van der Waals surface area (Å²) in [5.41, 5.74) is 1.04. The fourth-order valence-electron chi connectivity index (χ4n) is 1.49. The van der Waals surface area contributed by atoms with Crippen LogP contribution in [0.2, 0.25) is 18.1 Å². The Hall–Kier alpha value is -1.17. The van der Waals surface area contributed by atoms with E-state index in [-0.39, 0.29) is 5.04 Å². The normalized spacial score (nSPS) is 12.2. The van der Waals surface area contributed by atoms with Crippen LogP contribution in [0.3, 0.4) is 0 Å². The van der Waals surface area contributed by atoms with Crippen LogP contribution in [0.1, 0.15) is 26.3 Å². The molecule has 0 heterocycles. The number of hydrogen-bond donors (Lipinski definition) is 0. The van der Waals surface area contributed by atoms with E-state index in [0.717, 1.165) is 5.56 Å². The van der Waals surface area contributed by atoms with Crippen molar-refractivity contribution in [2.75, 3.05) is 13.2 Å². The van der Waals surface area contributed by atoms with Crippen molar-refractivity contribution in [2.24, 2.45) is 0 Å². The summed E-state index contributed by atoms with van der Waals surface area (Å²) in [4.78, 5) is 16.5. The monoisotopic (exact) mass is 309 g/mol. The zero-order chi connectivity index (χ0) is 15.9. The molecule has 118 valence electrons. The summed E-state index contributed by atoms with van der Waals surface area (Å²) in [6, 6.07) is 9.78. The average molecular weight is 309 g/mol. The van der Waals surface area contributed by atoms with E-state index in [1.165, 1.54) is 5.06 Å². The van der Waals surface area contributed by atoms with E-state index in [4.69, 9.17) is 9.26 Å². The van der Waals surface area contributed by atoms with Crippen molar-refractivity contribution in [2.45, 2.75) is 45.5 Å². The van der Waals surface area contributed by atoms with Gasteiger partial charge in [-0.15, -0.1) is 0 Å². The van der Waals surface area contributed by atoms with E-state index in [1.54, 1.807) is 0 Å². The number of hydrogen-bond acceptors (Lipinski definition) is 3. The third kappa shape index (κ3) is 5.99. The standard InChI is InChI=1S/C16H27NO3Si/c1-16(2,3)21(4,5)20-12-11-17(14-18)19-13-15-9-7-6-8-10-15/h6-10,14H,11-13H2,1-5H3. The summed E-state index contributed by atoms with van der Waals surface area (Å²) >= 11 is 0. The van der Waals surface area contributed by atoms with Gasteiger partial charge in [0.1, 0.15) is 6.61 Å². The third-order valence-corrected chi connectivity index (χ3v) is 8.48. The van der Waals surface area contributed by atoms with Crippen LogP contribution in [0.5, 0.6) is 0 Å². The maximum Gasteiger partial charge on any atom is 0.233 e.